The Morgan fingerprint density at radius 3 is 2.23 bits per heavy atom. The number of ketones is 1. The summed E-state index contributed by atoms with van der Waals surface area (Å²) in [6, 6.07) is 4.49. The van der Waals surface area contributed by atoms with E-state index in [1.807, 2.05) is 17.0 Å². The first-order chi connectivity index (χ1) is 20.6. The number of Topliss-reactive ketones (excluding diaryl/α,β-unsaturated/α-hetero) is 1. The first kappa shape index (κ1) is 32.8. The van der Waals surface area contributed by atoms with Crippen molar-refractivity contribution in [2.75, 3.05) is 46.6 Å². The maximum Gasteiger partial charge on any atom is 0.243 e. The van der Waals surface area contributed by atoms with Crippen LogP contribution in [-0.4, -0.2) is 110 Å². The number of rotatable bonds is 14. The van der Waals surface area contributed by atoms with Crippen molar-refractivity contribution in [3.63, 3.8) is 0 Å². The minimum atomic E-state index is -1.00. The van der Waals surface area contributed by atoms with Crippen LogP contribution in [0.15, 0.2) is 24.3 Å². The first-order valence-electron chi connectivity index (χ1n) is 15.3. The van der Waals surface area contributed by atoms with Crippen LogP contribution in [-0.2, 0) is 35.1 Å². The van der Waals surface area contributed by atoms with Gasteiger partial charge >= 0.3 is 0 Å². The third-order valence-corrected chi connectivity index (χ3v) is 8.59. The van der Waals surface area contributed by atoms with Crippen LogP contribution in [0.1, 0.15) is 51.5 Å². The van der Waals surface area contributed by atoms with Crippen molar-refractivity contribution in [2.24, 2.45) is 5.92 Å². The van der Waals surface area contributed by atoms with Gasteiger partial charge in [-0.05, 0) is 69.6 Å². The minimum absolute atomic E-state index is 0.152. The van der Waals surface area contributed by atoms with Crippen LogP contribution in [0.5, 0.6) is 5.75 Å². The van der Waals surface area contributed by atoms with Gasteiger partial charge in [-0.1, -0.05) is 12.1 Å². The summed E-state index contributed by atoms with van der Waals surface area (Å²) in [4.78, 5) is 55.0. The molecule has 1 aliphatic carbocycles. The van der Waals surface area contributed by atoms with Crippen molar-refractivity contribution in [3.05, 3.63) is 29.8 Å². The summed E-state index contributed by atoms with van der Waals surface area (Å²) < 4.78 is 16.0. The lowest BCUT2D eigenvalue weighted by atomic mass is 9.81. The van der Waals surface area contributed by atoms with Gasteiger partial charge in [-0.25, -0.2) is 0 Å². The molecule has 0 unspecified atom stereocenters. The molecule has 238 valence electrons. The summed E-state index contributed by atoms with van der Waals surface area (Å²) in [5, 5.41) is 18.4. The smallest absolute Gasteiger partial charge is 0.243 e. The van der Waals surface area contributed by atoms with E-state index in [0.717, 1.165) is 18.4 Å². The molecule has 3 amide bonds. The summed E-state index contributed by atoms with van der Waals surface area (Å²) in [5.41, 5.74) is -0.146. The highest BCUT2D eigenvalue weighted by atomic mass is 16.6. The lowest BCUT2D eigenvalue weighted by molar-refractivity contribution is -0.134. The molecule has 2 aliphatic heterocycles. The monoisotopic (exact) mass is 602 g/mol. The van der Waals surface area contributed by atoms with E-state index < -0.39 is 35.5 Å². The molecule has 3 fully saturated rings. The molecule has 2 saturated heterocycles. The van der Waals surface area contributed by atoms with Crippen LogP contribution in [0, 0.1) is 5.92 Å². The highest BCUT2D eigenvalue weighted by Gasteiger charge is 2.50. The number of carbonyl (C=O) groups is 4. The summed E-state index contributed by atoms with van der Waals surface area (Å²) in [6.45, 7) is 6.15. The normalized spacial score (nSPS) is 26.0. The van der Waals surface area contributed by atoms with Crippen molar-refractivity contribution in [1.82, 2.24) is 20.9 Å². The zero-order chi connectivity index (χ0) is 31.0. The fourth-order valence-corrected chi connectivity index (χ4v) is 5.66. The van der Waals surface area contributed by atoms with Gasteiger partial charge in [0.05, 0.1) is 45.6 Å². The number of carbonyl (C=O) groups excluding carboxylic acids is 4. The largest absolute Gasteiger partial charge is 0.497 e. The fraction of sp³-hybridized carbons (Fsp3) is 0.677. The summed E-state index contributed by atoms with van der Waals surface area (Å²) in [5.74, 6) is -0.644. The van der Waals surface area contributed by atoms with Crippen LogP contribution in [0.4, 0.5) is 0 Å². The Labute approximate surface area is 253 Å². The number of ether oxygens (including phenoxy) is 3. The highest BCUT2D eigenvalue weighted by molar-refractivity contribution is 5.98. The number of nitrogens with zero attached hydrogens (tertiary/aromatic N) is 1. The van der Waals surface area contributed by atoms with Gasteiger partial charge in [0.25, 0.3) is 0 Å². The number of aliphatic hydroxyl groups is 1. The molecule has 4 atom stereocenters. The Morgan fingerprint density at radius 1 is 1.00 bits per heavy atom. The average molecular weight is 603 g/mol. The fourth-order valence-electron chi connectivity index (χ4n) is 5.66. The van der Waals surface area contributed by atoms with Gasteiger partial charge in [-0.15, -0.1) is 0 Å². The molecular weight excluding hydrogens is 556 g/mol. The van der Waals surface area contributed by atoms with Gasteiger partial charge in [0.15, 0.2) is 5.78 Å². The number of amides is 3. The third-order valence-electron chi connectivity index (χ3n) is 8.59. The molecule has 2 heterocycles. The van der Waals surface area contributed by atoms with Crippen LogP contribution < -0.4 is 20.7 Å². The molecule has 0 aromatic heterocycles. The van der Waals surface area contributed by atoms with Gasteiger partial charge in [0.2, 0.25) is 17.7 Å². The highest BCUT2D eigenvalue weighted by Crippen LogP contribution is 2.33. The van der Waals surface area contributed by atoms with Gasteiger partial charge < -0.3 is 35.3 Å². The van der Waals surface area contributed by atoms with Crippen molar-refractivity contribution >= 4 is 23.5 Å². The van der Waals surface area contributed by atoms with Crippen molar-refractivity contribution in [3.8, 4) is 5.75 Å². The van der Waals surface area contributed by atoms with E-state index >= 15 is 0 Å². The molecule has 1 saturated carbocycles. The van der Waals surface area contributed by atoms with E-state index in [-0.39, 0.29) is 36.7 Å². The molecule has 0 spiro atoms. The van der Waals surface area contributed by atoms with Crippen LogP contribution >= 0.6 is 0 Å². The van der Waals surface area contributed by atoms with E-state index in [2.05, 4.69) is 16.0 Å². The van der Waals surface area contributed by atoms with E-state index in [1.165, 1.54) is 0 Å². The number of morpholine rings is 1. The third kappa shape index (κ3) is 9.72. The zero-order valence-electron chi connectivity index (χ0n) is 25.4. The Balaban J connectivity index is 1.44. The number of nitrogens with one attached hydrogen (secondary N) is 3. The molecule has 3 aliphatic rings. The molecular formula is C31H46N4O8. The molecule has 12 heteroatoms. The molecule has 1 aromatic carbocycles. The molecule has 12 nitrogen and oxygen atoms in total. The molecule has 0 radical (unpaired) electrons. The van der Waals surface area contributed by atoms with Crippen LogP contribution in [0.25, 0.3) is 0 Å². The number of hydrogen-bond donors (Lipinski definition) is 4. The second-order valence-electron chi connectivity index (χ2n) is 12.1. The number of benzene rings is 1. The summed E-state index contributed by atoms with van der Waals surface area (Å²) in [6.07, 6.45) is 3.15. The van der Waals surface area contributed by atoms with Crippen LogP contribution in [0.2, 0.25) is 0 Å². The van der Waals surface area contributed by atoms with E-state index in [1.54, 1.807) is 33.1 Å². The van der Waals surface area contributed by atoms with Gasteiger partial charge in [-0.2, -0.15) is 0 Å². The van der Waals surface area contributed by atoms with E-state index in [4.69, 9.17) is 14.2 Å². The lowest BCUT2D eigenvalue weighted by Gasteiger charge is -2.30. The van der Waals surface area contributed by atoms with Crippen molar-refractivity contribution < 1.29 is 38.5 Å². The number of methoxy groups -OCH3 is 1. The zero-order valence-corrected chi connectivity index (χ0v) is 25.4. The maximum atomic E-state index is 13.8. The average Bonchev–Trinajstić information content (AvgIpc) is 3.76. The minimum Gasteiger partial charge on any atom is -0.497 e. The van der Waals surface area contributed by atoms with Crippen LogP contribution in [0.3, 0.4) is 0 Å². The topological polar surface area (TPSA) is 159 Å². The van der Waals surface area contributed by atoms with Crippen molar-refractivity contribution in [2.45, 2.75) is 82.2 Å². The maximum absolute atomic E-state index is 13.8. The van der Waals surface area contributed by atoms with Gasteiger partial charge in [0, 0.05) is 19.5 Å². The predicted octanol–water partition coefficient (Wildman–Crippen LogP) is 0.343. The molecule has 4 rings (SSSR count). The van der Waals surface area contributed by atoms with E-state index in [9.17, 15) is 24.3 Å². The SMILES string of the molecule is COc1ccc(C[C@H](NC(=O)[C@H](C)NC(=O)CN2CCOCC2)C(=O)N[C@@H](CC2CCC(O)CC2)C(=O)[C@@]2(C)CO2)cc1. The number of aliphatic hydroxyl groups excluding tert-OH is 1. The van der Waals surface area contributed by atoms with Crippen molar-refractivity contribution in [1.29, 1.82) is 0 Å². The predicted molar refractivity (Wildman–Crippen MR) is 157 cm³/mol. The molecule has 43 heavy (non-hydrogen) atoms. The Kier molecular flexibility index (Phi) is 11.5. The standard InChI is InChI=1S/C31H46N4O8/c1-20(32-27(37)18-35-12-14-42-15-13-35)29(39)34-26(17-22-6-10-24(41-3)11-7-22)30(40)33-25(28(38)31(2)19-43-31)16-21-4-8-23(36)9-5-21/h6-7,10-11,20-21,23,25-26,36H,4-5,8-9,12-19H2,1-3H3,(H,32,37)(H,33,40)(H,34,39)/t20-,21?,23?,25-,26-,31+/m0/s1. The molecule has 4 N–H and O–H groups in total. The summed E-state index contributed by atoms with van der Waals surface area (Å²) in [7, 11) is 1.56. The summed E-state index contributed by atoms with van der Waals surface area (Å²) >= 11 is 0. The Bertz CT molecular complexity index is 1110. The Morgan fingerprint density at radius 2 is 1.63 bits per heavy atom. The van der Waals surface area contributed by atoms with E-state index in [0.29, 0.717) is 57.9 Å². The number of hydrogen-bond acceptors (Lipinski definition) is 9. The number of epoxide rings is 1. The quantitative estimate of drug-likeness (QED) is 0.220. The van der Waals surface area contributed by atoms with Gasteiger partial charge in [-0.3, -0.25) is 24.1 Å². The Hall–Kier alpha value is -3.06. The second-order valence-corrected chi connectivity index (χ2v) is 12.1. The molecule has 0 bridgehead atoms. The second kappa shape index (κ2) is 15.1. The molecule has 1 aromatic rings. The van der Waals surface area contributed by atoms with Gasteiger partial charge in [0.1, 0.15) is 23.4 Å². The lowest BCUT2D eigenvalue weighted by Crippen LogP contribution is -2.57. The first-order valence-corrected chi connectivity index (χ1v) is 15.3.